The molecule has 6 heteroatoms. The number of carbonyl (C=O) groups excluding carboxylic acids is 1. The maximum absolute atomic E-state index is 11.9. The second-order valence-corrected chi connectivity index (χ2v) is 4.76. The normalized spacial score (nSPS) is 12.3. The molecule has 0 fully saturated rings. The highest BCUT2D eigenvalue weighted by Crippen LogP contribution is 1.97. The van der Waals surface area contributed by atoms with Crippen LogP contribution in [0.5, 0.6) is 0 Å². The van der Waals surface area contributed by atoms with Crippen LogP contribution in [0.2, 0.25) is 0 Å². The van der Waals surface area contributed by atoms with Gasteiger partial charge in [-0.2, -0.15) is 0 Å². The highest BCUT2D eigenvalue weighted by Gasteiger charge is 2.17. The highest BCUT2D eigenvalue weighted by atomic mass is 16.4. The molecule has 0 aromatic heterocycles. The second-order valence-electron chi connectivity index (χ2n) is 4.76. The van der Waals surface area contributed by atoms with Crippen LogP contribution in [0, 0.1) is 0 Å². The minimum Gasteiger partial charge on any atom is -0.480 e. The van der Waals surface area contributed by atoms with Crippen LogP contribution in [0.3, 0.4) is 0 Å². The maximum atomic E-state index is 11.9. The number of carbonyl (C=O) groups is 2. The quantitative estimate of drug-likeness (QED) is 0.677. The van der Waals surface area contributed by atoms with E-state index in [0.29, 0.717) is 6.54 Å². The molecule has 0 aromatic rings. The Kier molecular flexibility index (Phi) is 8.11. The first kappa shape index (κ1) is 16.7. The molecule has 0 saturated heterocycles. The second kappa shape index (κ2) is 8.74. The van der Waals surface area contributed by atoms with Gasteiger partial charge >= 0.3 is 12.0 Å². The van der Waals surface area contributed by atoms with Crippen molar-refractivity contribution in [3.63, 3.8) is 0 Å². The molecule has 106 valence electrons. The number of hydrogen-bond donors (Lipinski definition) is 2. The van der Waals surface area contributed by atoms with Crippen molar-refractivity contribution in [2.24, 2.45) is 0 Å². The average Bonchev–Trinajstić information content (AvgIpc) is 2.25. The first-order chi connectivity index (χ1) is 8.36. The first-order valence-electron chi connectivity index (χ1n) is 6.28. The third-order valence-electron chi connectivity index (χ3n) is 2.49. The lowest BCUT2D eigenvalue weighted by molar-refractivity contribution is -0.137. The summed E-state index contributed by atoms with van der Waals surface area (Å²) in [7, 11) is 3.95. The molecule has 0 saturated carbocycles. The molecule has 0 aliphatic heterocycles. The molecule has 18 heavy (non-hydrogen) atoms. The Labute approximate surface area is 109 Å². The van der Waals surface area contributed by atoms with Crippen LogP contribution in [0.25, 0.3) is 0 Å². The Morgan fingerprint density at radius 1 is 1.28 bits per heavy atom. The SMILES string of the molecule is CCCN(CC(=O)O)C(=O)NC(C)CCN(C)C. The number of aliphatic carboxylic acids is 1. The number of urea groups is 1. The van der Waals surface area contributed by atoms with Gasteiger partial charge in [0.2, 0.25) is 0 Å². The fourth-order valence-corrected chi connectivity index (χ4v) is 1.51. The van der Waals surface area contributed by atoms with Crippen LogP contribution >= 0.6 is 0 Å². The molecule has 0 aliphatic rings. The van der Waals surface area contributed by atoms with Crippen molar-refractivity contribution in [3.05, 3.63) is 0 Å². The molecule has 1 atom stereocenters. The van der Waals surface area contributed by atoms with Gasteiger partial charge in [0.1, 0.15) is 6.54 Å². The minimum absolute atomic E-state index is 0.0352. The number of hydrogen-bond acceptors (Lipinski definition) is 3. The Morgan fingerprint density at radius 3 is 2.33 bits per heavy atom. The molecule has 0 rings (SSSR count). The predicted octanol–water partition coefficient (Wildman–Crippen LogP) is 0.833. The van der Waals surface area contributed by atoms with Gasteiger partial charge in [-0.3, -0.25) is 4.79 Å². The van der Waals surface area contributed by atoms with E-state index in [2.05, 4.69) is 5.32 Å². The topological polar surface area (TPSA) is 72.9 Å². The smallest absolute Gasteiger partial charge is 0.323 e. The lowest BCUT2D eigenvalue weighted by Gasteiger charge is -2.24. The molecular formula is C12H25N3O3. The summed E-state index contributed by atoms with van der Waals surface area (Å²) >= 11 is 0. The summed E-state index contributed by atoms with van der Waals surface area (Å²) in [5.74, 6) is -0.987. The van der Waals surface area contributed by atoms with Crippen molar-refractivity contribution in [2.45, 2.75) is 32.7 Å². The van der Waals surface area contributed by atoms with E-state index < -0.39 is 5.97 Å². The van der Waals surface area contributed by atoms with Gasteiger partial charge in [0.25, 0.3) is 0 Å². The average molecular weight is 259 g/mol. The third kappa shape index (κ3) is 7.89. The zero-order valence-electron chi connectivity index (χ0n) is 11.8. The number of carboxylic acid groups (broad SMARTS) is 1. The largest absolute Gasteiger partial charge is 0.480 e. The van der Waals surface area contributed by atoms with Gasteiger partial charge < -0.3 is 20.2 Å². The lowest BCUT2D eigenvalue weighted by Crippen LogP contribution is -2.46. The summed E-state index contributed by atoms with van der Waals surface area (Å²) in [6.07, 6.45) is 1.58. The van der Waals surface area contributed by atoms with Crippen molar-refractivity contribution in [1.29, 1.82) is 0 Å². The summed E-state index contributed by atoms with van der Waals surface area (Å²) < 4.78 is 0. The standard InChI is InChI=1S/C12H25N3O3/c1-5-7-15(9-11(16)17)12(18)13-10(2)6-8-14(3)4/h10H,5-9H2,1-4H3,(H,13,18)(H,16,17). The van der Waals surface area contributed by atoms with E-state index in [1.165, 1.54) is 4.90 Å². The van der Waals surface area contributed by atoms with Crippen molar-refractivity contribution in [1.82, 2.24) is 15.1 Å². The predicted molar refractivity (Wildman–Crippen MR) is 70.7 cm³/mol. The van der Waals surface area contributed by atoms with Crippen molar-refractivity contribution in [2.75, 3.05) is 33.7 Å². The zero-order chi connectivity index (χ0) is 14.1. The van der Waals surface area contributed by atoms with E-state index in [4.69, 9.17) is 5.11 Å². The van der Waals surface area contributed by atoms with E-state index in [0.717, 1.165) is 19.4 Å². The van der Waals surface area contributed by atoms with Crippen LogP contribution in [0.15, 0.2) is 0 Å². The number of nitrogens with one attached hydrogen (secondary N) is 1. The molecule has 2 amide bonds. The lowest BCUT2D eigenvalue weighted by atomic mass is 10.2. The first-order valence-corrected chi connectivity index (χ1v) is 6.28. The van der Waals surface area contributed by atoms with Gasteiger partial charge in [0.05, 0.1) is 0 Å². The van der Waals surface area contributed by atoms with Crippen LogP contribution in [-0.4, -0.2) is 66.7 Å². The Balaban J connectivity index is 4.19. The van der Waals surface area contributed by atoms with E-state index in [1.807, 2.05) is 32.8 Å². The van der Waals surface area contributed by atoms with Gasteiger partial charge in [-0.05, 0) is 40.4 Å². The van der Waals surface area contributed by atoms with Gasteiger partial charge in [0, 0.05) is 12.6 Å². The Bertz CT molecular complexity index is 269. The van der Waals surface area contributed by atoms with E-state index in [1.54, 1.807) is 0 Å². The molecule has 0 bridgehead atoms. The van der Waals surface area contributed by atoms with Gasteiger partial charge in [-0.25, -0.2) is 4.79 Å². The molecule has 0 heterocycles. The molecular weight excluding hydrogens is 234 g/mol. The van der Waals surface area contributed by atoms with Crippen LogP contribution in [0.4, 0.5) is 4.79 Å². The Hall–Kier alpha value is -1.30. The van der Waals surface area contributed by atoms with Crippen LogP contribution < -0.4 is 5.32 Å². The van der Waals surface area contributed by atoms with Crippen molar-refractivity contribution in [3.8, 4) is 0 Å². The van der Waals surface area contributed by atoms with Gasteiger partial charge in [0.15, 0.2) is 0 Å². The number of carboxylic acids is 1. The van der Waals surface area contributed by atoms with Gasteiger partial charge in [-0.15, -0.1) is 0 Å². The summed E-state index contributed by atoms with van der Waals surface area (Å²) in [5.41, 5.74) is 0. The monoisotopic (exact) mass is 259 g/mol. The summed E-state index contributed by atoms with van der Waals surface area (Å²) in [6, 6.07) is -0.265. The van der Waals surface area contributed by atoms with Crippen LogP contribution in [0.1, 0.15) is 26.7 Å². The number of amides is 2. The van der Waals surface area contributed by atoms with Crippen molar-refractivity contribution < 1.29 is 14.7 Å². The third-order valence-corrected chi connectivity index (χ3v) is 2.49. The fraction of sp³-hybridized carbons (Fsp3) is 0.833. The molecule has 0 aliphatic carbocycles. The minimum atomic E-state index is -0.987. The Morgan fingerprint density at radius 2 is 1.89 bits per heavy atom. The van der Waals surface area contributed by atoms with E-state index in [-0.39, 0.29) is 18.6 Å². The molecule has 0 radical (unpaired) electrons. The van der Waals surface area contributed by atoms with Gasteiger partial charge in [-0.1, -0.05) is 6.92 Å². The summed E-state index contributed by atoms with van der Waals surface area (Å²) in [5, 5.41) is 11.6. The number of rotatable bonds is 8. The maximum Gasteiger partial charge on any atom is 0.323 e. The molecule has 0 aromatic carbocycles. The fourth-order valence-electron chi connectivity index (χ4n) is 1.51. The molecule has 6 nitrogen and oxygen atoms in total. The van der Waals surface area contributed by atoms with E-state index >= 15 is 0 Å². The molecule has 1 unspecified atom stereocenters. The van der Waals surface area contributed by atoms with Crippen LogP contribution in [-0.2, 0) is 4.79 Å². The highest BCUT2D eigenvalue weighted by molar-refractivity contribution is 5.80. The number of nitrogens with zero attached hydrogens (tertiary/aromatic N) is 2. The molecule has 0 spiro atoms. The van der Waals surface area contributed by atoms with E-state index in [9.17, 15) is 9.59 Å². The molecule has 2 N–H and O–H groups in total. The zero-order valence-corrected chi connectivity index (χ0v) is 11.8. The summed E-state index contributed by atoms with van der Waals surface area (Å²) in [6.45, 7) is 4.93. The van der Waals surface area contributed by atoms with Crippen molar-refractivity contribution >= 4 is 12.0 Å². The summed E-state index contributed by atoms with van der Waals surface area (Å²) in [4.78, 5) is 25.9.